The number of H-pyrrole nitrogens is 1. The zero-order valence-corrected chi connectivity index (χ0v) is 18.5. The summed E-state index contributed by atoms with van der Waals surface area (Å²) in [5.74, 6) is 0. The number of aromatic amines is 1. The van der Waals surface area contributed by atoms with Crippen LogP contribution in [0.15, 0.2) is 77.7 Å². The zero-order chi connectivity index (χ0) is 21.4. The number of thiophene rings is 1. The summed E-state index contributed by atoms with van der Waals surface area (Å²) in [6.45, 7) is 2.43. The molecule has 3 aromatic heterocycles. The van der Waals surface area contributed by atoms with Crippen molar-refractivity contribution in [1.82, 2.24) is 19.3 Å². The van der Waals surface area contributed by atoms with Crippen LogP contribution in [0.1, 0.15) is 17.4 Å². The van der Waals surface area contributed by atoms with E-state index in [-0.39, 0.29) is 5.56 Å². The minimum absolute atomic E-state index is 0.0684. The Balaban J connectivity index is 1.66. The van der Waals surface area contributed by atoms with Crippen LogP contribution in [-0.4, -0.2) is 19.3 Å². The molecular weight excluding hydrogens is 424 g/mol. The molecule has 7 heteroatoms. The first-order valence-corrected chi connectivity index (χ1v) is 11.3. The number of benzene rings is 2. The topological polar surface area (TPSA) is 55.6 Å². The molecular formula is C24H20N4OS2. The first kappa shape index (κ1) is 19.7. The van der Waals surface area contributed by atoms with Crippen LogP contribution in [0.4, 0.5) is 0 Å². The summed E-state index contributed by atoms with van der Waals surface area (Å²) in [5.41, 5.74) is 3.66. The highest BCUT2D eigenvalue weighted by Gasteiger charge is 2.16. The van der Waals surface area contributed by atoms with E-state index in [1.54, 1.807) is 15.9 Å². The fraction of sp³-hybridized carbons (Fsp3) is 0.125. The third-order valence-electron chi connectivity index (χ3n) is 5.26. The van der Waals surface area contributed by atoms with Gasteiger partial charge in [-0.25, -0.2) is 4.68 Å². The normalized spacial score (nSPS) is 11.3. The maximum absolute atomic E-state index is 13.3. The van der Waals surface area contributed by atoms with E-state index in [0.717, 1.165) is 38.6 Å². The number of rotatable bonds is 5. The number of hydrogen-bond acceptors (Lipinski definition) is 4. The van der Waals surface area contributed by atoms with Crippen LogP contribution in [0.25, 0.3) is 27.2 Å². The van der Waals surface area contributed by atoms with Crippen LogP contribution in [0, 0.1) is 4.77 Å². The summed E-state index contributed by atoms with van der Waals surface area (Å²) in [6, 6.07) is 21.9. The van der Waals surface area contributed by atoms with Crippen molar-refractivity contribution in [2.24, 2.45) is 0 Å². The van der Waals surface area contributed by atoms with Crippen LogP contribution in [0.2, 0.25) is 0 Å². The first-order chi connectivity index (χ1) is 15.1. The largest absolute Gasteiger partial charge is 0.323 e. The number of hydrogen-bond donors (Lipinski definition) is 1. The van der Waals surface area contributed by atoms with Gasteiger partial charge in [0.1, 0.15) is 4.83 Å². The molecule has 2 aromatic carbocycles. The fourth-order valence-electron chi connectivity index (χ4n) is 3.66. The molecule has 0 amide bonds. The van der Waals surface area contributed by atoms with Gasteiger partial charge in [0.05, 0.1) is 23.3 Å². The molecule has 0 radical (unpaired) electrons. The summed E-state index contributed by atoms with van der Waals surface area (Å²) in [4.78, 5) is 18.5. The predicted octanol–water partition coefficient (Wildman–Crippen LogP) is 5.58. The molecule has 0 aliphatic heterocycles. The minimum Gasteiger partial charge on any atom is -0.323 e. The maximum Gasteiger partial charge on any atom is 0.263 e. The van der Waals surface area contributed by atoms with Crippen LogP contribution in [0.3, 0.4) is 0 Å². The summed E-state index contributed by atoms with van der Waals surface area (Å²) in [7, 11) is 0. The molecule has 5 aromatic rings. The molecule has 0 atom stereocenters. The number of nitrogens with one attached hydrogen (secondary N) is 1. The van der Waals surface area contributed by atoms with Crippen molar-refractivity contribution in [2.75, 3.05) is 0 Å². The molecule has 0 bridgehead atoms. The Morgan fingerprint density at radius 2 is 1.77 bits per heavy atom. The Morgan fingerprint density at radius 1 is 1.06 bits per heavy atom. The molecule has 1 N–H and O–H groups in total. The van der Waals surface area contributed by atoms with E-state index in [9.17, 15) is 4.79 Å². The molecule has 5 rings (SSSR count). The summed E-state index contributed by atoms with van der Waals surface area (Å²) in [6.07, 6.45) is 2.87. The molecule has 0 spiro atoms. The van der Waals surface area contributed by atoms with Crippen LogP contribution in [-0.2, 0) is 13.0 Å². The van der Waals surface area contributed by atoms with Gasteiger partial charge in [0.2, 0.25) is 0 Å². The molecule has 0 saturated heterocycles. The van der Waals surface area contributed by atoms with Gasteiger partial charge in [-0.15, -0.1) is 11.3 Å². The van der Waals surface area contributed by atoms with E-state index in [1.165, 1.54) is 0 Å². The van der Waals surface area contributed by atoms with Gasteiger partial charge >= 0.3 is 0 Å². The highest BCUT2D eigenvalue weighted by Crippen LogP contribution is 2.25. The number of fused-ring (bicyclic) bond motifs is 1. The third-order valence-corrected chi connectivity index (χ3v) is 6.78. The van der Waals surface area contributed by atoms with Crippen LogP contribution < -0.4 is 5.56 Å². The monoisotopic (exact) mass is 444 g/mol. The maximum atomic E-state index is 13.3. The molecule has 0 fully saturated rings. The summed E-state index contributed by atoms with van der Waals surface area (Å²) < 4.78 is 3.91. The lowest BCUT2D eigenvalue weighted by Crippen LogP contribution is -2.22. The zero-order valence-electron chi connectivity index (χ0n) is 16.9. The smallest absolute Gasteiger partial charge is 0.263 e. The second kappa shape index (κ2) is 8.09. The van der Waals surface area contributed by atoms with Gasteiger partial charge < -0.3 is 4.98 Å². The molecule has 31 heavy (non-hydrogen) atoms. The Kier molecular flexibility index (Phi) is 5.13. The second-order valence-corrected chi connectivity index (χ2v) is 8.80. The van der Waals surface area contributed by atoms with Crippen molar-refractivity contribution in [3.8, 4) is 16.9 Å². The van der Waals surface area contributed by atoms with Crippen molar-refractivity contribution in [3.05, 3.63) is 98.5 Å². The van der Waals surface area contributed by atoms with Gasteiger partial charge in [-0.3, -0.25) is 9.36 Å². The lowest BCUT2D eigenvalue weighted by atomic mass is 10.1. The Labute approximate surface area is 188 Å². The van der Waals surface area contributed by atoms with Crippen LogP contribution in [0.5, 0.6) is 0 Å². The van der Waals surface area contributed by atoms with Crippen molar-refractivity contribution >= 4 is 33.8 Å². The molecule has 0 aliphatic carbocycles. The van der Waals surface area contributed by atoms with E-state index in [0.29, 0.717) is 16.7 Å². The molecule has 154 valence electrons. The SMILES string of the molecule is CCc1cc2c(=O)n(Cc3cn(-c4ccccc4)nc3-c3ccccc3)c(=S)[nH]c2s1. The van der Waals surface area contributed by atoms with Crippen molar-refractivity contribution in [3.63, 3.8) is 0 Å². The quantitative estimate of drug-likeness (QED) is 0.360. The van der Waals surface area contributed by atoms with Crippen molar-refractivity contribution < 1.29 is 0 Å². The van der Waals surface area contributed by atoms with Gasteiger partial charge in [0.25, 0.3) is 5.56 Å². The van der Waals surface area contributed by atoms with Gasteiger partial charge in [0, 0.05) is 22.2 Å². The average Bonchev–Trinajstić information content (AvgIpc) is 3.42. The molecule has 3 heterocycles. The minimum atomic E-state index is -0.0684. The van der Waals surface area contributed by atoms with Gasteiger partial charge in [-0.1, -0.05) is 55.5 Å². The standard InChI is InChI=1S/C24H20N4OS2/c1-2-19-13-20-22(31-19)25-24(30)27(23(20)29)14-17-15-28(18-11-7-4-8-12-18)26-21(17)16-9-5-3-6-10-16/h3-13,15H,2,14H2,1H3,(H,25,30). The van der Waals surface area contributed by atoms with Crippen LogP contribution >= 0.6 is 23.6 Å². The number of nitrogens with zero attached hydrogens (tertiary/aromatic N) is 3. The molecule has 0 saturated carbocycles. The third kappa shape index (κ3) is 3.66. The Morgan fingerprint density at radius 3 is 2.48 bits per heavy atom. The molecule has 0 unspecified atom stereocenters. The number of para-hydroxylation sites is 1. The lowest BCUT2D eigenvalue weighted by Gasteiger charge is -2.07. The first-order valence-electron chi connectivity index (χ1n) is 10.1. The van der Waals surface area contributed by atoms with Gasteiger partial charge in [-0.05, 0) is 36.8 Å². The highest BCUT2D eigenvalue weighted by molar-refractivity contribution is 7.71. The highest BCUT2D eigenvalue weighted by atomic mass is 32.1. The van der Waals surface area contributed by atoms with E-state index in [1.807, 2.05) is 77.6 Å². The second-order valence-electron chi connectivity index (χ2n) is 7.28. The van der Waals surface area contributed by atoms with E-state index < -0.39 is 0 Å². The summed E-state index contributed by atoms with van der Waals surface area (Å²) in [5, 5.41) is 5.53. The molecule has 0 aliphatic rings. The number of aromatic nitrogens is 4. The molecule has 5 nitrogen and oxygen atoms in total. The Hall–Kier alpha value is -3.29. The van der Waals surface area contributed by atoms with E-state index in [4.69, 9.17) is 17.3 Å². The lowest BCUT2D eigenvalue weighted by molar-refractivity contribution is 0.736. The summed E-state index contributed by atoms with van der Waals surface area (Å²) >= 11 is 7.15. The van der Waals surface area contributed by atoms with Crippen molar-refractivity contribution in [1.29, 1.82) is 0 Å². The number of aryl methyl sites for hydroxylation is 1. The van der Waals surface area contributed by atoms with Crippen molar-refractivity contribution in [2.45, 2.75) is 19.9 Å². The van der Waals surface area contributed by atoms with E-state index >= 15 is 0 Å². The fourth-order valence-corrected chi connectivity index (χ4v) is 4.96. The van der Waals surface area contributed by atoms with E-state index in [2.05, 4.69) is 11.9 Å². The predicted molar refractivity (Wildman–Crippen MR) is 129 cm³/mol. The van der Waals surface area contributed by atoms with Gasteiger partial charge in [0.15, 0.2) is 4.77 Å². The van der Waals surface area contributed by atoms with Gasteiger partial charge in [-0.2, -0.15) is 5.10 Å². The Bertz CT molecular complexity index is 1480. The average molecular weight is 445 g/mol.